The van der Waals surface area contributed by atoms with Gasteiger partial charge in [0.1, 0.15) is 5.69 Å². The van der Waals surface area contributed by atoms with E-state index in [2.05, 4.69) is 25.8 Å². The van der Waals surface area contributed by atoms with Crippen LogP contribution < -0.4 is 0 Å². The minimum absolute atomic E-state index is 0.0374. The number of halogens is 4. The van der Waals surface area contributed by atoms with E-state index in [1.165, 1.54) is 11.1 Å². The van der Waals surface area contributed by atoms with Gasteiger partial charge in [0.25, 0.3) is 11.8 Å². The van der Waals surface area contributed by atoms with Gasteiger partial charge >= 0.3 is 0 Å². The standard InChI is InChI=1S/2C28H31Cl2N3O2/c1-35-26-18-33(13-9-21(26)16-19-6-7-24(29)25(30)17-19)22-10-14-32(15-11-22)28(34)27-23-5-3-2-4-20(23)8-12-31-27;29-25-5-3-19(15-26(25)30)14-20-7-11-33(17-23(20)18-34)24-8-12-32(13-9-24)28(35)22-4-6-27-21(16-22)2-1-10-31-27/h2-8,12,17,21-22,26H,9-11,13-16,18H2,1H3;1-6,10,15-16,20,23-24,34H,7-9,11-14,17-18H2/t21?,26-;20?,23-/m10/s1. The highest BCUT2D eigenvalue weighted by atomic mass is 35.5. The van der Waals surface area contributed by atoms with Crippen molar-refractivity contribution < 1.29 is 19.4 Å². The maximum Gasteiger partial charge on any atom is 0.273 e. The van der Waals surface area contributed by atoms with Crippen LogP contribution in [-0.2, 0) is 17.6 Å². The third-order valence-corrected chi connectivity index (χ3v) is 16.9. The van der Waals surface area contributed by atoms with Crippen LogP contribution in [-0.4, -0.2) is 131 Å². The molecule has 0 spiro atoms. The Labute approximate surface area is 431 Å². The molecule has 6 heterocycles. The van der Waals surface area contributed by atoms with Crippen molar-refractivity contribution >= 4 is 79.9 Å². The zero-order valence-corrected chi connectivity index (χ0v) is 42.8. The number of amides is 2. The summed E-state index contributed by atoms with van der Waals surface area (Å²) in [6, 6.07) is 32.2. The molecule has 0 bridgehead atoms. The zero-order chi connectivity index (χ0) is 48.7. The molecule has 4 aliphatic rings. The van der Waals surface area contributed by atoms with Crippen LogP contribution in [0.4, 0.5) is 0 Å². The van der Waals surface area contributed by atoms with E-state index >= 15 is 0 Å². The molecule has 2 amide bonds. The first-order valence-electron chi connectivity index (χ1n) is 24.8. The summed E-state index contributed by atoms with van der Waals surface area (Å²) in [7, 11) is 1.81. The van der Waals surface area contributed by atoms with Gasteiger partial charge in [-0.05, 0) is 153 Å². The van der Waals surface area contributed by atoms with E-state index in [1.54, 1.807) is 12.4 Å². The predicted molar refractivity (Wildman–Crippen MR) is 282 cm³/mol. The van der Waals surface area contributed by atoms with Crippen LogP contribution in [0.25, 0.3) is 21.7 Å². The van der Waals surface area contributed by atoms with Crippen molar-refractivity contribution in [3.63, 3.8) is 0 Å². The first-order chi connectivity index (χ1) is 34.0. The molecule has 4 fully saturated rings. The second-order valence-electron chi connectivity index (χ2n) is 19.5. The summed E-state index contributed by atoms with van der Waals surface area (Å²) in [5, 5.41) is 15.5. The highest BCUT2D eigenvalue weighted by Crippen LogP contribution is 2.34. The van der Waals surface area contributed by atoms with Crippen LogP contribution in [0.1, 0.15) is 70.5 Å². The molecule has 6 aromatic rings. The molecule has 2 aromatic heterocycles. The average Bonchev–Trinajstić information content (AvgIpc) is 3.40. The molecule has 4 atom stereocenters. The van der Waals surface area contributed by atoms with Gasteiger partial charge in [-0.1, -0.05) is 88.9 Å². The number of aliphatic hydroxyl groups excluding tert-OH is 1. The molecular weight excluding hydrogens is 962 g/mol. The van der Waals surface area contributed by atoms with E-state index < -0.39 is 0 Å². The smallest absolute Gasteiger partial charge is 0.273 e. The fourth-order valence-corrected chi connectivity index (χ4v) is 12.0. The second kappa shape index (κ2) is 23.5. The number of likely N-dealkylation sites (tertiary alicyclic amines) is 4. The zero-order valence-electron chi connectivity index (χ0n) is 39.7. The van der Waals surface area contributed by atoms with Crippen molar-refractivity contribution in [2.75, 3.05) is 66.1 Å². The largest absolute Gasteiger partial charge is 0.396 e. The molecule has 2 unspecified atom stereocenters. The van der Waals surface area contributed by atoms with Gasteiger partial charge in [-0.2, -0.15) is 0 Å². The molecule has 10 nitrogen and oxygen atoms in total. The Bertz CT molecular complexity index is 2750. The summed E-state index contributed by atoms with van der Waals surface area (Å²) in [6.45, 7) is 7.14. The first kappa shape index (κ1) is 50.6. The molecule has 0 radical (unpaired) electrons. The van der Waals surface area contributed by atoms with Gasteiger partial charge in [-0.15, -0.1) is 0 Å². The van der Waals surface area contributed by atoms with Crippen LogP contribution in [0, 0.1) is 17.8 Å². The molecule has 14 heteroatoms. The molecule has 4 aliphatic heterocycles. The van der Waals surface area contributed by atoms with Gasteiger partial charge in [-0.25, -0.2) is 0 Å². The lowest BCUT2D eigenvalue weighted by Gasteiger charge is -2.44. The topological polar surface area (TPSA) is 102 Å². The molecule has 4 aromatic carbocycles. The number of pyridine rings is 2. The monoisotopic (exact) mass is 1020 g/mol. The highest BCUT2D eigenvalue weighted by Gasteiger charge is 2.37. The van der Waals surface area contributed by atoms with Crippen molar-refractivity contribution in [1.29, 1.82) is 0 Å². The molecule has 0 aliphatic carbocycles. The Morgan fingerprint density at radius 1 is 0.586 bits per heavy atom. The number of rotatable bonds is 10. The van der Waals surface area contributed by atoms with Crippen molar-refractivity contribution in [1.82, 2.24) is 29.6 Å². The second-order valence-corrected chi connectivity index (χ2v) is 21.2. The molecule has 0 saturated carbocycles. The van der Waals surface area contributed by atoms with Crippen molar-refractivity contribution in [2.24, 2.45) is 17.8 Å². The fourth-order valence-electron chi connectivity index (χ4n) is 11.4. The van der Waals surface area contributed by atoms with E-state index in [0.717, 1.165) is 131 Å². The van der Waals surface area contributed by atoms with Crippen LogP contribution in [0.15, 0.2) is 109 Å². The quantitative estimate of drug-likeness (QED) is 0.145. The van der Waals surface area contributed by atoms with Crippen molar-refractivity contribution in [3.8, 4) is 0 Å². The van der Waals surface area contributed by atoms with Gasteiger partial charge < -0.3 is 19.6 Å². The van der Waals surface area contributed by atoms with Crippen LogP contribution >= 0.6 is 46.4 Å². The lowest BCUT2D eigenvalue weighted by atomic mass is 9.80. The van der Waals surface area contributed by atoms with E-state index in [0.29, 0.717) is 49.7 Å². The van der Waals surface area contributed by atoms with Crippen LogP contribution in [0.2, 0.25) is 20.1 Å². The minimum Gasteiger partial charge on any atom is -0.396 e. The van der Waals surface area contributed by atoms with E-state index in [4.69, 9.17) is 51.1 Å². The van der Waals surface area contributed by atoms with Crippen LogP contribution in [0.3, 0.4) is 0 Å². The summed E-state index contributed by atoms with van der Waals surface area (Å²) in [5.74, 6) is 1.26. The number of aliphatic hydroxyl groups is 1. The Morgan fingerprint density at radius 2 is 1.19 bits per heavy atom. The fraction of sp³-hybridized carbons (Fsp3) is 0.429. The summed E-state index contributed by atoms with van der Waals surface area (Å²) in [5.41, 5.74) is 4.57. The maximum absolute atomic E-state index is 13.3. The molecule has 1 N–H and O–H groups in total. The van der Waals surface area contributed by atoms with E-state index in [-0.39, 0.29) is 30.4 Å². The number of fused-ring (bicyclic) bond motifs is 2. The number of benzene rings is 4. The minimum atomic E-state index is 0.0374. The Hall–Kier alpha value is -4.36. The van der Waals surface area contributed by atoms with Gasteiger partial charge in [0, 0.05) is 93.8 Å². The number of ether oxygens (including phenoxy) is 1. The molecule has 10 rings (SSSR count). The molecule has 368 valence electrons. The predicted octanol–water partition coefficient (Wildman–Crippen LogP) is 11.0. The normalized spacial score (nSPS) is 22.0. The number of hydrogen-bond acceptors (Lipinski definition) is 8. The SMILES string of the molecule is CO[C@@H]1CN(C2CCN(C(=O)c3nccc4ccccc34)CC2)CCC1Cc1ccc(Cl)c(Cl)c1.O=C(c1ccc2ncccc2c1)N1CCC(N2CCC(Cc3ccc(Cl)c(Cl)c3)[C@H](CO)C2)CC1. The van der Waals surface area contributed by atoms with Gasteiger partial charge in [0.15, 0.2) is 0 Å². The summed E-state index contributed by atoms with van der Waals surface area (Å²) < 4.78 is 5.94. The first-order valence-corrected chi connectivity index (χ1v) is 26.3. The third kappa shape index (κ3) is 11.9. The number of hydrogen-bond donors (Lipinski definition) is 1. The molecule has 70 heavy (non-hydrogen) atoms. The number of carbonyl (C=O) groups is 2. The van der Waals surface area contributed by atoms with Crippen molar-refractivity contribution in [2.45, 2.75) is 69.6 Å². The number of aromatic nitrogens is 2. The van der Waals surface area contributed by atoms with Crippen LogP contribution in [0.5, 0.6) is 0 Å². The Morgan fingerprint density at radius 3 is 1.83 bits per heavy atom. The number of carbonyl (C=O) groups excluding carboxylic acids is 2. The van der Waals surface area contributed by atoms with Crippen molar-refractivity contribution in [3.05, 3.63) is 152 Å². The third-order valence-electron chi connectivity index (χ3n) is 15.4. The molecular formula is C56H62Cl4N6O4. The van der Waals surface area contributed by atoms with E-state index in [9.17, 15) is 14.7 Å². The Balaban J connectivity index is 0.000000174. The number of piperidine rings is 4. The Kier molecular flexibility index (Phi) is 16.9. The van der Waals surface area contributed by atoms with E-state index in [1.807, 2.05) is 108 Å². The summed E-state index contributed by atoms with van der Waals surface area (Å²) in [4.78, 5) is 44.2. The lowest BCUT2D eigenvalue weighted by molar-refractivity contribution is -0.0325. The van der Waals surface area contributed by atoms with Gasteiger partial charge in [-0.3, -0.25) is 29.4 Å². The number of methoxy groups -OCH3 is 1. The van der Waals surface area contributed by atoms with Gasteiger partial charge in [0.2, 0.25) is 0 Å². The highest BCUT2D eigenvalue weighted by molar-refractivity contribution is 6.42. The lowest BCUT2D eigenvalue weighted by Crippen LogP contribution is -2.53. The molecule has 4 saturated heterocycles. The summed E-state index contributed by atoms with van der Waals surface area (Å²) in [6.07, 6.45) is 11.5. The summed E-state index contributed by atoms with van der Waals surface area (Å²) >= 11 is 24.6. The average molecular weight is 1020 g/mol. The maximum atomic E-state index is 13.3. The number of nitrogens with zero attached hydrogens (tertiary/aromatic N) is 6. The van der Waals surface area contributed by atoms with Gasteiger partial charge in [0.05, 0.1) is 31.7 Å².